The summed E-state index contributed by atoms with van der Waals surface area (Å²) in [6, 6.07) is 23.5. The molecule has 3 rings (SSSR count). The Hall–Kier alpha value is -1.94. The zero-order valence-corrected chi connectivity index (χ0v) is 14.7. The van der Waals surface area contributed by atoms with Crippen LogP contribution in [0.5, 0.6) is 11.5 Å². The molecule has 0 spiro atoms. The first-order chi connectivity index (χ1) is 11.7. The maximum absolute atomic E-state index is 5.89. The standard InChI is InChI=1S/C20H18ClNOS/c21-17-6-8-18(9-7-17)23-19-10-11-20(24)16(12-19)14-22-13-15-4-2-1-3-5-15/h1-12,22,24H,13-14H2. The molecule has 0 unspecified atom stereocenters. The van der Waals surface area contributed by atoms with Gasteiger partial charge in [-0.25, -0.2) is 0 Å². The second-order valence-electron chi connectivity index (χ2n) is 5.44. The summed E-state index contributed by atoms with van der Waals surface area (Å²) in [6.07, 6.45) is 0. The van der Waals surface area contributed by atoms with Gasteiger partial charge in [-0.1, -0.05) is 41.9 Å². The highest BCUT2D eigenvalue weighted by Crippen LogP contribution is 2.26. The van der Waals surface area contributed by atoms with Gasteiger partial charge in [0.25, 0.3) is 0 Å². The Morgan fingerprint density at radius 3 is 2.29 bits per heavy atom. The van der Waals surface area contributed by atoms with Crippen LogP contribution in [0, 0.1) is 0 Å². The average Bonchev–Trinajstić information content (AvgIpc) is 2.60. The molecule has 0 atom stereocenters. The van der Waals surface area contributed by atoms with E-state index in [4.69, 9.17) is 16.3 Å². The highest BCUT2D eigenvalue weighted by molar-refractivity contribution is 7.80. The van der Waals surface area contributed by atoms with E-state index in [0.29, 0.717) is 5.02 Å². The summed E-state index contributed by atoms with van der Waals surface area (Å²) in [7, 11) is 0. The van der Waals surface area contributed by atoms with Crippen molar-refractivity contribution in [3.05, 3.63) is 88.9 Å². The predicted octanol–water partition coefficient (Wildman–Crippen LogP) is 5.71. The SMILES string of the molecule is Sc1ccc(Oc2ccc(Cl)cc2)cc1CNCc1ccccc1. The zero-order valence-electron chi connectivity index (χ0n) is 13.1. The molecule has 24 heavy (non-hydrogen) atoms. The minimum Gasteiger partial charge on any atom is -0.457 e. The Kier molecular flexibility index (Phi) is 5.81. The van der Waals surface area contributed by atoms with Gasteiger partial charge in [0.1, 0.15) is 11.5 Å². The third kappa shape index (κ3) is 4.78. The highest BCUT2D eigenvalue weighted by atomic mass is 35.5. The molecule has 0 saturated carbocycles. The molecule has 0 aliphatic carbocycles. The van der Waals surface area contributed by atoms with E-state index >= 15 is 0 Å². The van der Waals surface area contributed by atoms with Crippen LogP contribution in [0.4, 0.5) is 0 Å². The van der Waals surface area contributed by atoms with Crippen LogP contribution in [-0.4, -0.2) is 0 Å². The topological polar surface area (TPSA) is 21.3 Å². The monoisotopic (exact) mass is 355 g/mol. The first-order valence-corrected chi connectivity index (χ1v) is 8.53. The summed E-state index contributed by atoms with van der Waals surface area (Å²) in [5, 5.41) is 4.13. The molecule has 0 heterocycles. The number of rotatable bonds is 6. The van der Waals surface area contributed by atoms with Gasteiger partial charge in [-0.05, 0) is 53.6 Å². The largest absolute Gasteiger partial charge is 0.457 e. The first kappa shape index (κ1) is 16.9. The number of nitrogens with one attached hydrogen (secondary N) is 1. The van der Waals surface area contributed by atoms with E-state index in [1.807, 2.05) is 60.7 Å². The van der Waals surface area contributed by atoms with E-state index in [-0.39, 0.29) is 0 Å². The van der Waals surface area contributed by atoms with E-state index in [1.54, 1.807) is 0 Å². The van der Waals surface area contributed by atoms with Crippen LogP contribution in [0.1, 0.15) is 11.1 Å². The summed E-state index contributed by atoms with van der Waals surface area (Å²) in [5.74, 6) is 1.54. The molecule has 0 aromatic heterocycles. The van der Waals surface area contributed by atoms with Crippen LogP contribution in [0.15, 0.2) is 77.7 Å². The fraction of sp³-hybridized carbons (Fsp3) is 0.100. The minimum atomic E-state index is 0.693. The van der Waals surface area contributed by atoms with Gasteiger partial charge in [0.05, 0.1) is 0 Å². The first-order valence-electron chi connectivity index (χ1n) is 7.71. The Labute approximate surface area is 152 Å². The van der Waals surface area contributed by atoms with Gasteiger partial charge >= 0.3 is 0 Å². The maximum atomic E-state index is 5.89. The number of hydrogen-bond donors (Lipinski definition) is 2. The van der Waals surface area contributed by atoms with E-state index in [1.165, 1.54) is 5.56 Å². The minimum absolute atomic E-state index is 0.693. The van der Waals surface area contributed by atoms with Crippen molar-refractivity contribution in [2.75, 3.05) is 0 Å². The summed E-state index contributed by atoms with van der Waals surface area (Å²) in [6.45, 7) is 1.54. The second-order valence-corrected chi connectivity index (χ2v) is 6.35. The average molecular weight is 356 g/mol. The molecule has 2 nitrogen and oxygen atoms in total. The van der Waals surface area contributed by atoms with Crippen LogP contribution in [-0.2, 0) is 13.1 Å². The highest BCUT2D eigenvalue weighted by Gasteiger charge is 2.04. The van der Waals surface area contributed by atoms with Gasteiger partial charge in [-0.2, -0.15) is 0 Å². The lowest BCUT2D eigenvalue weighted by Crippen LogP contribution is -2.13. The van der Waals surface area contributed by atoms with Crippen molar-refractivity contribution in [1.29, 1.82) is 0 Å². The molecular weight excluding hydrogens is 338 g/mol. The molecule has 0 amide bonds. The third-order valence-corrected chi connectivity index (χ3v) is 4.28. The van der Waals surface area contributed by atoms with Gasteiger partial charge in [0.15, 0.2) is 0 Å². The molecule has 3 aromatic carbocycles. The van der Waals surface area contributed by atoms with Crippen LogP contribution >= 0.6 is 24.2 Å². The molecule has 0 aliphatic rings. The summed E-state index contributed by atoms with van der Waals surface area (Å²) >= 11 is 10.4. The molecule has 122 valence electrons. The number of benzene rings is 3. The summed E-state index contributed by atoms with van der Waals surface area (Å²) in [4.78, 5) is 0.944. The Balaban J connectivity index is 1.64. The number of halogens is 1. The predicted molar refractivity (Wildman–Crippen MR) is 102 cm³/mol. The molecule has 0 aliphatic heterocycles. The van der Waals surface area contributed by atoms with Gasteiger partial charge in [-0.3, -0.25) is 0 Å². The van der Waals surface area contributed by atoms with Gasteiger partial charge in [0, 0.05) is 23.0 Å². The smallest absolute Gasteiger partial charge is 0.127 e. The normalized spacial score (nSPS) is 10.6. The van der Waals surface area contributed by atoms with Crippen LogP contribution < -0.4 is 10.1 Å². The van der Waals surface area contributed by atoms with Crippen molar-refractivity contribution < 1.29 is 4.74 Å². The van der Waals surface area contributed by atoms with E-state index in [0.717, 1.165) is 35.0 Å². The molecule has 3 aromatic rings. The quantitative estimate of drug-likeness (QED) is 0.552. The van der Waals surface area contributed by atoms with Crippen molar-refractivity contribution in [3.8, 4) is 11.5 Å². The lowest BCUT2D eigenvalue weighted by molar-refractivity contribution is 0.481. The molecule has 0 radical (unpaired) electrons. The Morgan fingerprint density at radius 1 is 0.833 bits per heavy atom. The Bertz CT molecular complexity index is 790. The van der Waals surface area contributed by atoms with Gasteiger partial charge in [0.2, 0.25) is 0 Å². The van der Waals surface area contributed by atoms with Gasteiger partial charge < -0.3 is 10.1 Å². The van der Waals surface area contributed by atoms with Gasteiger partial charge in [-0.15, -0.1) is 12.6 Å². The molecule has 0 fully saturated rings. The van der Waals surface area contributed by atoms with Crippen molar-refractivity contribution in [3.63, 3.8) is 0 Å². The van der Waals surface area contributed by atoms with Crippen LogP contribution in [0.25, 0.3) is 0 Å². The number of thiol groups is 1. The Morgan fingerprint density at radius 2 is 1.54 bits per heavy atom. The number of hydrogen-bond acceptors (Lipinski definition) is 3. The number of ether oxygens (including phenoxy) is 1. The molecular formula is C20H18ClNOS. The van der Waals surface area contributed by atoms with Crippen LogP contribution in [0.3, 0.4) is 0 Å². The lowest BCUT2D eigenvalue weighted by atomic mass is 10.2. The van der Waals surface area contributed by atoms with E-state index in [2.05, 4.69) is 30.1 Å². The van der Waals surface area contributed by atoms with Crippen molar-refractivity contribution in [1.82, 2.24) is 5.32 Å². The maximum Gasteiger partial charge on any atom is 0.127 e. The third-order valence-electron chi connectivity index (χ3n) is 3.59. The molecule has 0 bridgehead atoms. The fourth-order valence-corrected chi connectivity index (χ4v) is 2.69. The van der Waals surface area contributed by atoms with Crippen LogP contribution in [0.2, 0.25) is 5.02 Å². The molecule has 0 saturated heterocycles. The van der Waals surface area contributed by atoms with Crippen molar-refractivity contribution in [2.45, 2.75) is 18.0 Å². The lowest BCUT2D eigenvalue weighted by Gasteiger charge is -2.11. The second kappa shape index (κ2) is 8.25. The zero-order chi connectivity index (χ0) is 16.8. The van der Waals surface area contributed by atoms with E-state index in [9.17, 15) is 0 Å². The van der Waals surface area contributed by atoms with E-state index < -0.39 is 0 Å². The van der Waals surface area contributed by atoms with Crippen molar-refractivity contribution >= 4 is 24.2 Å². The van der Waals surface area contributed by atoms with Crippen molar-refractivity contribution in [2.24, 2.45) is 0 Å². The molecule has 1 N–H and O–H groups in total. The molecule has 4 heteroatoms. The summed E-state index contributed by atoms with van der Waals surface area (Å²) < 4.78 is 5.87. The summed E-state index contributed by atoms with van der Waals surface area (Å²) in [5.41, 5.74) is 2.35. The fourth-order valence-electron chi connectivity index (χ4n) is 2.34.